The molecule has 0 radical (unpaired) electrons. The molecule has 3 aliphatic heterocycles. The van der Waals surface area contributed by atoms with Gasteiger partial charge in [-0.15, -0.1) is 0 Å². The van der Waals surface area contributed by atoms with Crippen molar-refractivity contribution < 1.29 is 33.3 Å². The van der Waals surface area contributed by atoms with Crippen molar-refractivity contribution in [1.29, 1.82) is 0 Å². The van der Waals surface area contributed by atoms with Crippen molar-refractivity contribution in [3.8, 4) is 0 Å². The maximum absolute atomic E-state index is 13.0. The fraction of sp³-hybridized carbons (Fsp3) is 0.389. The standard InChI is InChI=1S/C18H17NO7/c1-23-16(21)12-13(17(22)24-2)18-9-25-8-11(10-6-4-3-5-7-10)19(18)15(20)14(12)26-18/h3-7,11,14H,8-9H2,1-2H3/t11-,14-,18+/m0/s1. The lowest BCUT2D eigenvalue weighted by molar-refractivity contribution is -0.178. The van der Waals surface area contributed by atoms with Gasteiger partial charge in [-0.2, -0.15) is 0 Å². The van der Waals surface area contributed by atoms with Gasteiger partial charge in [-0.25, -0.2) is 9.59 Å². The Morgan fingerprint density at radius 1 is 1.15 bits per heavy atom. The molecule has 1 aromatic rings. The summed E-state index contributed by atoms with van der Waals surface area (Å²) in [7, 11) is 2.39. The highest BCUT2D eigenvalue weighted by atomic mass is 16.6. The van der Waals surface area contributed by atoms with Gasteiger partial charge in [0, 0.05) is 0 Å². The summed E-state index contributed by atoms with van der Waals surface area (Å²) in [6, 6.07) is 8.87. The number of nitrogens with zero attached hydrogens (tertiary/aromatic N) is 1. The van der Waals surface area contributed by atoms with E-state index in [0.29, 0.717) is 0 Å². The predicted octanol–water partition coefficient (Wildman–Crippen LogP) is 0.338. The van der Waals surface area contributed by atoms with Crippen molar-refractivity contribution in [3.63, 3.8) is 0 Å². The van der Waals surface area contributed by atoms with Gasteiger partial charge in [-0.3, -0.25) is 9.69 Å². The molecule has 3 aliphatic rings. The Morgan fingerprint density at radius 3 is 2.50 bits per heavy atom. The average Bonchev–Trinajstić information content (AvgIpc) is 3.16. The molecule has 136 valence electrons. The van der Waals surface area contributed by atoms with Crippen LogP contribution in [0.3, 0.4) is 0 Å². The zero-order valence-corrected chi connectivity index (χ0v) is 14.3. The van der Waals surface area contributed by atoms with Crippen LogP contribution in [0.25, 0.3) is 0 Å². The quantitative estimate of drug-likeness (QED) is 0.719. The van der Waals surface area contributed by atoms with Gasteiger partial charge in [-0.1, -0.05) is 30.3 Å². The molecule has 3 atom stereocenters. The highest BCUT2D eigenvalue weighted by molar-refractivity contribution is 6.11. The lowest BCUT2D eigenvalue weighted by Gasteiger charge is -2.45. The van der Waals surface area contributed by atoms with Gasteiger partial charge >= 0.3 is 11.9 Å². The van der Waals surface area contributed by atoms with Gasteiger partial charge in [-0.05, 0) is 5.56 Å². The second kappa shape index (κ2) is 5.93. The van der Waals surface area contributed by atoms with E-state index in [2.05, 4.69) is 0 Å². The first kappa shape index (κ1) is 16.7. The summed E-state index contributed by atoms with van der Waals surface area (Å²) >= 11 is 0. The van der Waals surface area contributed by atoms with E-state index in [1.54, 1.807) is 0 Å². The molecule has 1 aromatic carbocycles. The SMILES string of the molecule is COC(=O)C1=C(C(=O)OC)[C@]23COC[C@@H](c4ccccc4)N2C(=O)[C@H]1O3. The van der Waals surface area contributed by atoms with E-state index < -0.39 is 35.7 Å². The van der Waals surface area contributed by atoms with Crippen molar-refractivity contribution in [2.24, 2.45) is 0 Å². The Bertz CT molecular complexity index is 818. The van der Waals surface area contributed by atoms with Crippen LogP contribution >= 0.6 is 0 Å². The van der Waals surface area contributed by atoms with Crippen LogP contribution in [0.15, 0.2) is 41.5 Å². The minimum Gasteiger partial charge on any atom is -0.466 e. The molecular weight excluding hydrogens is 342 g/mol. The number of benzene rings is 1. The van der Waals surface area contributed by atoms with Gasteiger partial charge < -0.3 is 18.9 Å². The third-order valence-electron chi connectivity index (χ3n) is 4.95. The number of amides is 1. The smallest absolute Gasteiger partial charge is 0.339 e. The normalized spacial score (nSPS) is 29.6. The maximum Gasteiger partial charge on any atom is 0.339 e. The van der Waals surface area contributed by atoms with Gasteiger partial charge in [0.15, 0.2) is 6.10 Å². The van der Waals surface area contributed by atoms with E-state index in [1.807, 2.05) is 30.3 Å². The molecule has 2 bridgehead atoms. The number of rotatable bonds is 3. The summed E-state index contributed by atoms with van der Waals surface area (Å²) in [5.41, 5.74) is -0.785. The molecule has 8 heteroatoms. The van der Waals surface area contributed by atoms with Crippen LogP contribution in [0.1, 0.15) is 11.6 Å². The van der Waals surface area contributed by atoms with E-state index in [-0.39, 0.29) is 24.4 Å². The number of morpholine rings is 1. The Kier molecular flexibility index (Phi) is 3.82. The second-order valence-electron chi connectivity index (χ2n) is 6.20. The molecule has 0 aliphatic carbocycles. The van der Waals surface area contributed by atoms with E-state index >= 15 is 0 Å². The summed E-state index contributed by atoms with van der Waals surface area (Å²) in [5, 5.41) is 0. The van der Waals surface area contributed by atoms with E-state index in [9.17, 15) is 14.4 Å². The third-order valence-corrected chi connectivity index (χ3v) is 4.95. The molecule has 0 N–H and O–H groups in total. The Labute approximate surface area is 149 Å². The summed E-state index contributed by atoms with van der Waals surface area (Å²) in [5.74, 6) is -1.93. The first-order valence-corrected chi connectivity index (χ1v) is 8.10. The van der Waals surface area contributed by atoms with Gasteiger partial charge in [0.2, 0.25) is 5.72 Å². The van der Waals surface area contributed by atoms with Gasteiger partial charge in [0.1, 0.15) is 5.57 Å². The van der Waals surface area contributed by atoms with Crippen molar-refractivity contribution >= 4 is 17.8 Å². The number of esters is 2. The molecular formula is C18H17NO7. The maximum atomic E-state index is 13.0. The summed E-state index contributed by atoms with van der Waals surface area (Å²) in [6.07, 6.45) is -1.20. The molecule has 2 fully saturated rings. The third kappa shape index (κ3) is 2.06. The minimum absolute atomic E-state index is 0.0305. The van der Waals surface area contributed by atoms with Crippen LogP contribution in [-0.2, 0) is 33.3 Å². The minimum atomic E-state index is -1.49. The summed E-state index contributed by atoms with van der Waals surface area (Å²) in [6.45, 7) is 0.194. The largest absolute Gasteiger partial charge is 0.466 e. The van der Waals surface area contributed by atoms with Crippen molar-refractivity contribution in [3.05, 3.63) is 47.0 Å². The van der Waals surface area contributed by atoms with Crippen LogP contribution in [-0.4, -0.2) is 62.0 Å². The molecule has 1 spiro atoms. The fourth-order valence-electron chi connectivity index (χ4n) is 3.89. The molecule has 0 unspecified atom stereocenters. The highest BCUT2D eigenvalue weighted by Gasteiger charge is 2.69. The molecule has 0 aromatic heterocycles. The molecule has 26 heavy (non-hydrogen) atoms. The number of methoxy groups -OCH3 is 2. The molecule has 2 saturated heterocycles. The molecule has 3 heterocycles. The second-order valence-corrected chi connectivity index (χ2v) is 6.20. The molecule has 8 nitrogen and oxygen atoms in total. The Morgan fingerprint density at radius 2 is 1.85 bits per heavy atom. The summed E-state index contributed by atoms with van der Waals surface area (Å²) < 4.78 is 21.2. The monoisotopic (exact) mass is 359 g/mol. The fourth-order valence-corrected chi connectivity index (χ4v) is 3.89. The Balaban J connectivity index is 1.87. The van der Waals surface area contributed by atoms with Gasteiger partial charge in [0.05, 0.1) is 39.0 Å². The number of fused-ring (bicyclic) bond motifs is 1. The molecule has 1 amide bonds. The van der Waals surface area contributed by atoms with Crippen molar-refractivity contribution in [2.75, 3.05) is 27.4 Å². The van der Waals surface area contributed by atoms with Crippen molar-refractivity contribution in [2.45, 2.75) is 17.9 Å². The van der Waals surface area contributed by atoms with Crippen LogP contribution in [0.5, 0.6) is 0 Å². The molecule has 4 rings (SSSR count). The van der Waals surface area contributed by atoms with Crippen LogP contribution in [0.4, 0.5) is 0 Å². The topological polar surface area (TPSA) is 91.4 Å². The van der Waals surface area contributed by atoms with Crippen LogP contribution in [0, 0.1) is 0 Å². The van der Waals surface area contributed by atoms with Crippen LogP contribution < -0.4 is 0 Å². The van der Waals surface area contributed by atoms with E-state index in [1.165, 1.54) is 19.1 Å². The highest BCUT2D eigenvalue weighted by Crippen LogP contribution is 2.52. The van der Waals surface area contributed by atoms with Crippen molar-refractivity contribution in [1.82, 2.24) is 4.90 Å². The van der Waals surface area contributed by atoms with Gasteiger partial charge in [0.25, 0.3) is 5.91 Å². The first-order chi connectivity index (χ1) is 12.5. The molecule has 0 saturated carbocycles. The van der Waals surface area contributed by atoms with E-state index in [4.69, 9.17) is 18.9 Å². The lowest BCUT2D eigenvalue weighted by Crippen LogP contribution is -2.60. The van der Waals surface area contributed by atoms with E-state index in [0.717, 1.165) is 5.56 Å². The lowest BCUT2D eigenvalue weighted by atomic mass is 9.88. The first-order valence-electron chi connectivity index (χ1n) is 8.10. The number of carbonyl (C=O) groups is 3. The zero-order valence-electron chi connectivity index (χ0n) is 14.3. The average molecular weight is 359 g/mol. The summed E-state index contributed by atoms with van der Waals surface area (Å²) in [4.78, 5) is 39.2. The number of ether oxygens (including phenoxy) is 4. The Hall–Kier alpha value is -2.71. The number of carbonyl (C=O) groups excluding carboxylic acids is 3. The number of hydrogen-bond donors (Lipinski definition) is 0. The van der Waals surface area contributed by atoms with Crippen LogP contribution in [0.2, 0.25) is 0 Å². The predicted molar refractivity (Wildman–Crippen MR) is 85.5 cm³/mol. The zero-order chi connectivity index (χ0) is 18.5. The number of hydrogen-bond acceptors (Lipinski definition) is 7.